The number of hydrogen-bond donors (Lipinski definition) is 1. The number of benzene rings is 1. The average molecular weight is 211 g/mol. The molecule has 2 nitrogen and oxygen atoms in total. The van der Waals surface area contributed by atoms with Gasteiger partial charge in [0.05, 0.1) is 5.02 Å². The maximum atomic E-state index is 9.74. The maximum Gasteiger partial charge on any atom is 0.136 e. The largest absolute Gasteiger partial charge is 0.458 e. The number of furan rings is 1. The lowest BCUT2D eigenvalue weighted by molar-refractivity contribution is 0.0559. The topological polar surface area (TPSA) is 33.4 Å². The van der Waals surface area contributed by atoms with Crippen LogP contribution in [0.25, 0.3) is 11.0 Å². The van der Waals surface area contributed by atoms with Crippen LogP contribution >= 0.6 is 11.6 Å². The van der Waals surface area contributed by atoms with Crippen LogP contribution < -0.4 is 0 Å². The van der Waals surface area contributed by atoms with Crippen LogP contribution in [0.5, 0.6) is 0 Å². The van der Waals surface area contributed by atoms with Gasteiger partial charge in [-0.2, -0.15) is 0 Å². The molecule has 0 amide bonds. The molecule has 1 aromatic heterocycles. The van der Waals surface area contributed by atoms with E-state index in [0.717, 1.165) is 5.39 Å². The summed E-state index contributed by atoms with van der Waals surface area (Å²) in [5.41, 5.74) is -0.267. The van der Waals surface area contributed by atoms with Crippen molar-refractivity contribution in [2.75, 3.05) is 0 Å². The highest BCUT2D eigenvalue weighted by molar-refractivity contribution is 6.35. The molecule has 0 spiro atoms. The normalized spacial score (nSPS) is 12.3. The van der Waals surface area contributed by atoms with Gasteiger partial charge >= 0.3 is 0 Å². The summed E-state index contributed by atoms with van der Waals surface area (Å²) in [6.45, 7) is 3.36. The second-order valence-corrected chi connectivity index (χ2v) is 4.23. The third-order valence-corrected chi connectivity index (χ3v) is 2.44. The van der Waals surface area contributed by atoms with Gasteiger partial charge in [0.15, 0.2) is 0 Å². The van der Waals surface area contributed by atoms with Crippen LogP contribution in [0.2, 0.25) is 5.02 Å². The fraction of sp³-hybridized carbons (Fsp3) is 0.273. The van der Waals surface area contributed by atoms with Crippen molar-refractivity contribution < 1.29 is 9.52 Å². The number of hydrogen-bond acceptors (Lipinski definition) is 2. The van der Waals surface area contributed by atoms with E-state index >= 15 is 0 Å². The molecule has 0 aliphatic carbocycles. The number of rotatable bonds is 1. The minimum absolute atomic E-state index is 0.528. The molecular weight excluding hydrogens is 200 g/mol. The van der Waals surface area contributed by atoms with Crippen molar-refractivity contribution in [1.29, 1.82) is 0 Å². The van der Waals surface area contributed by atoms with Gasteiger partial charge in [0.1, 0.15) is 16.9 Å². The average Bonchev–Trinajstić information content (AvgIpc) is 2.48. The standard InChI is InChI=1S/C11H11ClO2/c1-11(2,13)10-6-7-8(12)4-3-5-9(7)14-10/h3-6,13H,1-2H3. The van der Waals surface area contributed by atoms with Crippen molar-refractivity contribution in [3.8, 4) is 0 Å². The highest BCUT2D eigenvalue weighted by Gasteiger charge is 2.21. The summed E-state index contributed by atoms with van der Waals surface area (Å²) in [5.74, 6) is 0.528. The minimum Gasteiger partial charge on any atom is -0.458 e. The first-order chi connectivity index (χ1) is 6.48. The van der Waals surface area contributed by atoms with Crippen molar-refractivity contribution >= 4 is 22.6 Å². The molecule has 0 atom stereocenters. The Morgan fingerprint density at radius 2 is 2.07 bits per heavy atom. The maximum absolute atomic E-state index is 9.74. The smallest absolute Gasteiger partial charge is 0.136 e. The monoisotopic (exact) mass is 210 g/mol. The van der Waals surface area contributed by atoms with Crippen LogP contribution in [-0.2, 0) is 5.60 Å². The van der Waals surface area contributed by atoms with Gasteiger partial charge < -0.3 is 9.52 Å². The first kappa shape index (κ1) is 9.56. The van der Waals surface area contributed by atoms with Gasteiger partial charge in [0.25, 0.3) is 0 Å². The molecule has 0 aliphatic rings. The summed E-state index contributed by atoms with van der Waals surface area (Å²) in [4.78, 5) is 0. The Labute approximate surface area is 87.1 Å². The predicted molar refractivity (Wildman–Crippen MR) is 56.5 cm³/mol. The Kier molecular flexibility index (Phi) is 2.05. The van der Waals surface area contributed by atoms with E-state index in [1.807, 2.05) is 12.1 Å². The van der Waals surface area contributed by atoms with Gasteiger partial charge in [0, 0.05) is 5.39 Å². The Bertz CT molecular complexity index is 466. The molecule has 0 aliphatic heterocycles. The molecular formula is C11H11ClO2. The zero-order valence-electron chi connectivity index (χ0n) is 8.04. The molecule has 0 saturated carbocycles. The van der Waals surface area contributed by atoms with Crippen LogP contribution in [0, 0.1) is 0 Å². The van der Waals surface area contributed by atoms with Crippen molar-refractivity contribution in [1.82, 2.24) is 0 Å². The van der Waals surface area contributed by atoms with E-state index in [0.29, 0.717) is 16.4 Å². The Balaban J connectivity index is 2.69. The van der Waals surface area contributed by atoms with Crippen LogP contribution in [0.4, 0.5) is 0 Å². The first-order valence-corrected chi connectivity index (χ1v) is 4.77. The zero-order chi connectivity index (χ0) is 10.3. The summed E-state index contributed by atoms with van der Waals surface area (Å²) in [7, 11) is 0. The molecule has 3 heteroatoms. The fourth-order valence-corrected chi connectivity index (χ4v) is 1.55. The third-order valence-electron chi connectivity index (χ3n) is 2.11. The summed E-state index contributed by atoms with van der Waals surface area (Å²) < 4.78 is 5.48. The summed E-state index contributed by atoms with van der Waals surface area (Å²) in [6, 6.07) is 7.23. The SMILES string of the molecule is CC(C)(O)c1cc2c(Cl)cccc2o1. The summed E-state index contributed by atoms with van der Waals surface area (Å²) >= 11 is 5.98. The molecule has 0 unspecified atom stereocenters. The molecule has 0 fully saturated rings. The van der Waals surface area contributed by atoms with Crippen molar-refractivity contribution in [2.45, 2.75) is 19.4 Å². The molecule has 0 bridgehead atoms. The van der Waals surface area contributed by atoms with E-state index in [1.54, 1.807) is 26.0 Å². The lowest BCUT2D eigenvalue weighted by atomic mass is 10.1. The first-order valence-electron chi connectivity index (χ1n) is 4.39. The molecule has 1 aromatic carbocycles. The number of fused-ring (bicyclic) bond motifs is 1. The molecule has 1 N–H and O–H groups in total. The van der Waals surface area contributed by atoms with E-state index in [9.17, 15) is 5.11 Å². The van der Waals surface area contributed by atoms with Crippen LogP contribution in [0.3, 0.4) is 0 Å². The third kappa shape index (κ3) is 1.51. The van der Waals surface area contributed by atoms with E-state index in [4.69, 9.17) is 16.0 Å². The van der Waals surface area contributed by atoms with Crippen molar-refractivity contribution in [3.63, 3.8) is 0 Å². The summed E-state index contributed by atoms with van der Waals surface area (Å²) in [5, 5.41) is 11.2. The number of aliphatic hydroxyl groups is 1. The van der Waals surface area contributed by atoms with Crippen LogP contribution in [0.15, 0.2) is 28.7 Å². The summed E-state index contributed by atoms with van der Waals surface area (Å²) in [6.07, 6.45) is 0. The van der Waals surface area contributed by atoms with Gasteiger partial charge in [-0.25, -0.2) is 0 Å². The van der Waals surface area contributed by atoms with E-state index in [2.05, 4.69) is 0 Å². The number of halogens is 1. The van der Waals surface area contributed by atoms with Gasteiger partial charge in [-0.1, -0.05) is 17.7 Å². The van der Waals surface area contributed by atoms with Crippen molar-refractivity contribution in [3.05, 3.63) is 35.0 Å². The lowest BCUT2D eigenvalue weighted by Gasteiger charge is -2.12. The van der Waals surface area contributed by atoms with Gasteiger partial charge in [-0.3, -0.25) is 0 Å². The predicted octanol–water partition coefficient (Wildman–Crippen LogP) is 3.31. The lowest BCUT2D eigenvalue weighted by Crippen LogP contribution is -2.13. The molecule has 1 heterocycles. The van der Waals surface area contributed by atoms with E-state index in [1.165, 1.54) is 0 Å². The molecule has 0 saturated heterocycles. The van der Waals surface area contributed by atoms with Crippen LogP contribution in [-0.4, -0.2) is 5.11 Å². The Morgan fingerprint density at radius 1 is 1.36 bits per heavy atom. The van der Waals surface area contributed by atoms with Gasteiger partial charge in [0.2, 0.25) is 0 Å². The molecule has 2 aromatic rings. The van der Waals surface area contributed by atoms with E-state index < -0.39 is 5.60 Å². The Morgan fingerprint density at radius 3 is 2.64 bits per heavy atom. The molecule has 74 valence electrons. The minimum atomic E-state index is -0.970. The molecule has 2 rings (SSSR count). The second-order valence-electron chi connectivity index (χ2n) is 3.82. The van der Waals surface area contributed by atoms with E-state index in [-0.39, 0.29) is 0 Å². The zero-order valence-corrected chi connectivity index (χ0v) is 8.80. The van der Waals surface area contributed by atoms with Gasteiger partial charge in [-0.05, 0) is 32.0 Å². The molecule has 14 heavy (non-hydrogen) atoms. The molecule has 0 radical (unpaired) electrons. The highest BCUT2D eigenvalue weighted by Crippen LogP contribution is 2.31. The van der Waals surface area contributed by atoms with Crippen molar-refractivity contribution in [2.24, 2.45) is 0 Å². The Hall–Kier alpha value is -0.990. The highest BCUT2D eigenvalue weighted by atomic mass is 35.5. The quantitative estimate of drug-likeness (QED) is 0.784. The van der Waals surface area contributed by atoms with Crippen LogP contribution in [0.1, 0.15) is 19.6 Å². The second kappa shape index (κ2) is 3.01. The van der Waals surface area contributed by atoms with Gasteiger partial charge in [-0.15, -0.1) is 0 Å². The fourth-order valence-electron chi connectivity index (χ4n) is 1.33.